The van der Waals surface area contributed by atoms with Gasteiger partial charge in [-0.1, -0.05) is 32.0 Å². The van der Waals surface area contributed by atoms with Crippen LogP contribution in [0.5, 0.6) is 5.75 Å². The molecule has 0 heterocycles. The van der Waals surface area contributed by atoms with Gasteiger partial charge in [0.15, 0.2) is 0 Å². The van der Waals surface area contributed by atoms with Gasteiger partial charge in [-0.15, -0.1) is 0 Å². The molecule has 88 valence electrons. The zero-order valence-corrected chi connectivity index (χ0v) is 9.97. The van der Waals surface area contributed by atoms with Crippen LogP contribution >= 0.6 is 0 Å². The van der Waals surface area contributed by atoms with Crippen LogP contribution in [-0.4, -0.2) is 18.7 Å². The Balaban J connectivity index is 2.30. The number of hydrogen-bond donors (Lipinski definition) is 0. The lowest BCUT2D eigenvalue weighted by molar-refractivity contribution is -0.153. The number of rotatable bonds is 5. The summed E-state index contributed by atoms with van der Waals surface area (Å²) in [5.74, 6) is 0.498. The molecular formula is C13H18O3. The maximum Gasteiger partial charge on any atom is 0.308 e. The van der Waals surface area contributed by atoms with Crippen molar-refractivity contribution in [2.75, 3.05) is 6.61 Å². The quantitative estimate of drug-likeness (QED) is 0.718. The van der Waals surface area contributed by atoms with E-state index in [1.807, 2.05) is 51.1 Å². The predicted octanol–water partition coefficient (Wildman–Crippen LogP) is 2.65. The van der Waals surface area contributed by atoms with Crippen LogP contribution in [0.15, 0.2) is 30.3 Å². The van der Waals surface area contributed by atoms with Crippen molar-refractivity contribution in [3.63, 3.8) is 0 Å². The number of carbonyl (C=O) groups is 1. The van der Waals surface area contributed by atoms with Crippen molar-refractivity contribution in [1.29, 1.82) is 0 Å². The molecule has 0 amide bonds. The first kappa shape index (κ1) is 12.6. The van der Waals surface area contributed by atoms with Gasteiger partial charge in [-0.2, -0.15) is 0 Å². The van der Waals surface area contributed by atoms with E-state index in [1.54, 1.807) is 0 Å². The minimum Gasteiger partial charge on any atom is -0.490 e. The smallest absolute Gasteiger partial charge is 0.308 e. The summed E-state index contributed by atoms with van der Waals surface area (Å²) < 4.78 is 10.6. The van der Waals surface area contributed by atoms with Gasteiger partial charge in [-0.25, -0.2) is 0 Å². The molecule has 3 heteroatoms. The zero-order valence-electron chi connectivity index (χ0n) is 9.97. The molecule has 0 N–H and O–H groups in total. The van der Waals surface area contributed by atoms with Crippen LogP contribution in [0.2, 0.25) is 0 Å². The largest absolute Gasteiger partial charge is 0.490 e. The van der Waals surface area contributed by atoms with Crippen LogP contribution in [-0.2, 0) is 9.53 Å². The van der Waals surface area contributed by atoms with Crippen molar-refractivity contribution in [2.24, 2.45) is 5.92 Å². The highest BCUT2D eigenvalue weighted by molar-refractivity contribution is 5.71. The van der Waals surface area contributed by atoms with Gasteiger partial charge in [0, 0.05) is 0 Å². The normalized spacial score (nSPS) is 12.2. The van der Waals surface area contributed by atoms with E-state index in [-0.39, 0.29) is 18.0 Å². The molecule has 1 aromatic rings. The van der Waals surface area contributed by atoms with Crippen LogP contribution in [0.4, 0.5) is 0 Å². The third-order valence-corrected chi connectivity index (χ3v) is 2.02. The van der Waals surface area contributed by atoms with E-state index < -0.39 is 0 Å². The summed E-state index contributed by atoms with van der Waals surface area (Å²) in [6.45, 7) is 5.83. The van der Waals surface area contributed by atoms with E-state index in [1.165, 1.54) is 0 Å². The average molecular weight is 222 g/mol. The maximum absolute atomic E-state index is 11.3. The topological polar surface area (TPSA) is 35.5 Å². The van der Waals surface area contributed by atoms with E-state index in [2.05, 4.69) is 0 Å². The molecule has 1 aromatic carbocycles. The van der Waals surface area contributed by atoms with Gasteiger partial charge in [0.25, 0.3) is 0 Å². The predicted molar refractivity (Wildman–Crippen MR) is 62.3 cm³/mol. The van der Waals surface area contributed by atoms with Crippen molar-refractivity contribution >= 4 is 5.97 Å². The fourth-order valence-corrected chi connectivity index (χ4v) is 1.10. The number of para-hydroxylation sites is 1. The van der Waals surface area contributed by atoms with Crippen molar-refractivity contribution in [3.05, 3.63) is 30.3 Å². The van der Waals surface area contributed by atoms with E-state index in [9.17, 15) is 4.79 Å². The Morgan fingerprint density at radius 3 is 2.38 bits per heavy atom. The molecular weight excluding hydrogens is 204 g/mol. The molecule has 1 unspecified atom stereocenters. The van der Waals surface area contributed by atoms with E-state index in [4.69, 9.17) is 9.47 Å². The van der Waals surface area contributed by atoms with Gasteiger partial charge in [0.1, 0.15) is 18.5 Å². The summed E-state index contributed by atoms with van der Waals surface area (Å²) >= 11 is 0. The number of carbonyl (C=O) groups excluding carboxylic acids is 1. The van der Waals surface area contributed by atoms with Gasteiger partial charge < -0.3 is 9.47 Å². The van der Waals surface area contributed by atoms with Crippen molar-refractivity contribution in [1.82, 2.24) is 0 Å². The third kappa shape index (κ3) is 4.34. The fourth-order valence-electron chi connectivity index (χ4n) is 1.10. The second-order valence-corrected chi connectivity index (χ2v) is 4.03. The van der Waals surface area contributed by atoms with E-state index >= 15 is 0 Å². The first-order valence-corrected chi connectivity index (χ1v) is 5.48. The lowest BCUT2D eigenvalue weighted by Gasteiger charge is -2.15. The standard InChI is InChI=1S/C13H18O3/c1-10(2)13(14)16-11(3)9-15-12-7-5-4-6-8-12/h4-8,10-11H,9H2,1-3H3. The lowest BCUT2D eigenvalue weighted by Crippen LogP contribution is -2.24. The Bertz CT molecular complexity index is 319. The summed E-state index contributed by atoms with van der Waals surface area (Å²) in [6, 6.07) is 9.48. The summed E-state index contributed by atoms with van der Waals surface area (Å²) in [7, 11) is 0. The van der Waals surface area contributed by atoms with Gasteiger partial charge >= 0.3 is 5.97 Å². The molecule has 0 saturated carbocycles. The van der Waals surface area contributed by atoms with Crippen LogP contribution in [0.3, 0.4) is 0 Å². The second-order valence-electron chi connectivity index (χ2n) is 4.03. The first-order valence-electron chi connectivity index (χ1n) is 5.48. The Hall–Kier alpha value is -1.51. The average Bonchev–Trinajstić information content (AvgIpc) is 2.27. The highest BCUT2D eigenvalue weighted by atomic mass is 16.6. The molecule has 3 nitrogen and oxygen atoms in total. The Morgan fingerprint density at radius 2 is 1.81 bits per heavy atom. The summed E-state index contributed by atoms with van der Waals surface area (Å²) in [6.07, 6.45) is -0.227. The SMILES string of the molecule is CC(COc1ccccc1)OC(=O)C(C)C. The van der Waals surface area contributed by atoms with Crippen molar-refractivity contribution in [2.45, 2.75) is 26.9 Å². The Kier molecular flexibility index (Phi) is 4.83. The molecule has 0 aliphatic heterocycles. The molecule has 16 heavy (non-hydrogen) atoms. The Morgan fingerprint density at radius 1 is 1.19 bits per heavy atom. The molecule has 0 aliphatic rings. The molecule has 0 radical (unpaired) electrons. The molecule has 0 fully saturated rings. The number of hydrogen-bond acceptors (Lipinski definition) is 3. The van der Waals surface area contributed by atoms with Crippen LogP contribution in [0.25, 0.3) is 0 Å². The molecule has 0 aromatic heterocycles. The highest BCUT2D eigenvalue weighted by Crippen LogP contribution is 2.09. The third-order valence-electron chi connectivity index (χ3n) is 2.02. The molecule has 1 rings (SSSR count). The number of benzene rings is 1. The van der Waals surface area contributed by atoms with E-state index in [0.717, 1.165) is 5.75 Å². The molecule has 0 bridgehead atoms. The summed E-state index contributed by atoms with van der Waals surface area (Å²) in [5.41, 5.74) is 0. The monoisotopic (exact) mass is 222 g/mol. The molecule has 0 spiro atoms. The van der Waals surface area contributed by atoms with Gasteiger partial charge in [0.2, 0.25) is 0 Å². The number of esters is 1. The van der Waals surface area contributed by atoms with Crippen LogP contribution < -0.4 is 4.74 Å². The second kappa shape index (κ2) is 6.16. The fraction of sp³-hybridized carbons (Fsp3) is 0.462. The van der Waals surface area contributed by atoms with Crippen molar-refractivity contribution in [3.8, 4) is 5.75 Å². The van der Waals surface area contributed by atoms with Gasteiger partial charge in [0.05, 0.1) is 5.92 Å². The van der Waals surface area contributed by atoms with Crippen LogP contribution in [0.1, 0.15) is 20.8 Å². The van der Waals surface area contributed by atoms with Crippen molar-refractivity contribution < 1.29 is 14.3 Å². The van der Waals surface area contributed by atoms with Crippen LogP contribution in [0, 0.1) is 5.92 Å². The Labute approximate surface area is 96.4 Å². The summed E-state index contributed by atoms with van der Waals surface area (Å²) in [5, 5.41) is 0. The van der Waals surface area contributed by atoms with Gasteiger partial charge in [-0.05, 0) is 19.1 Å². The molecule has 0 saturated heterocycles. The molecule has 0 aliphatic carbocycles. The van der Waals surface area contributed by atoms with E-state index in [0.29, 0.717) is 6.61 Å². The first-order chi connectivity index (χ1) is 7.59. The molecule has 1 atom stereocenters. The number of ether oxygens (including phenoxy) is 2. The summed E-state index contributed by atoms with van der Waals surface area (Å²) in [4.78, 5) is 11.3. The minimum absolute atomic E-state index is 0.0980. The lowest BCUT2D eigenvalue weighted by atomic mass is 10.2. The van der Waals surface area contributed by atoms with Gasteiger partial charge in [-0.3, -0.25) is 4.79 Å². The zero-order chi connectivity index (χ0) is 12.0. The maximum atomic E-state index is 11.3. The minimum atomic E-state index is -0.227. The highest BCUT2D eigenvalue weighted by Gasteiger charge is 2.13.